The van der Waals surface area contributed by atoms with E-state index in [1.807, 2.05) is 41.0 Å². The molecular formula is C18H17N3O3S. The van der Waals surface area contributed by atoms with E-state index >= 15 is 0 Å². The van der Waals surface area contributed by atoms with E-state index in [-0.39, 0.29) is 11.5 Å². The molecule has 7 heteroatoms. The molecule has 128 valence electrons. The van der Waals surface area contributed by atoms with Crippen molar-refractivity contribution in [2.75, 3.05) is 20.0 Å². The number of ketones is 1. The predicted octanol–water partition coefficient (Wildman–Crippen LogP) is 3.26. The Balaban J connectivity index is 1.76. The third-order valence-electron chi connectivity index (χ3n) is 3.59. The number of nitrogens with zero attached hydrogens (tertiary/aromatic N) is 3. The monoisotopic (exact) mass is 355 g/mol. The Labute approximate surface area is 149 Å². The van der Waals surface area contributed by atoms with Gasteiger partial charge in [-0.2, -0.15) is 0 Å². The molecule has 25 heavy (non-hydrogen) atoms. The maximum Gasteiger partial charge on any atom is 0.196 e. The summed E-state index contributed by atoms with van der Waals surface area (Å²) in [5.41, 5.74) is 1.43. The molecule has 0 N–H and O–H groups in total. The maximum absolute atomic E-state index is 12.5. The fourth-order valence-electron chi connectivity index (χ4n) is 2.34. The van der Waals surface area contributed by atoms with Gasteiger partial charge in [-0.1, -0.05) is 30.0 Å². The highest BCUT2D eigenvalue weighted by Crippen LogP contribution is 2.25. The SMILES string of the molecule is COc1cccc(-n2cnnc2SCC(=O)c2ccccc2OC)c1. The average molecular weight is 355 g/mol. The Morgan fingerprint density at radius 2 is 1.96 bits per heavy atom. The summed E-state index contributed by atoms with van der Waals surface area (Å²) in [7, 11) is 3.17. The lowest BCUT2D eigenvalue weighted by molar-refractivity contribution is 0.101. The van der Waals surface area contributed by atoms with Crippen molar-refractivity contribution in [3.8, 4) is 17.2 Å². The second-order valence-corrected chi connectivity index (χ2v) is 6.04. The first-order valence-electron chi connectivity index (χ1n) is 7.56. The molecule has 0 fully saturated rings. The summed E-state index contributed by atoms with van der Waals surface area (Å²) in [4.78, 5) is 12.5. The van der Waals surface area contributed by atoms with Gasteiger partial charge < -0.3 is 9.47 Å². The Hall–Kier alpha value is -2.80. The van der Waals surface area contributed by atoms with E-state index in [9.17, 15) is 4.79 Å². The van der Waals surface area contributed by atoms with Gasteiger partial charge in [0.2, 0.25) is 0 Å². The van der Waals surface area contributed by atoms with Crippen LogP contribution in [-0.4, -0.2) is 40.5 Å². The molecule has 0 radical (unpaired) electrons. The van der Waals surface area contributed by atoms with Gasteiger partial charge in [0.1, 0.15) is 17.8 Å². The minimum Gasteiger partial charge on any atom is -0.497 e. The number of carbonyl (C=O) groups is 1. The first kappa shape index (κ1) is 17.0. The summed E-state index contributed by atoms with van der Waals surface area (Å²) in [5.74, 6) is 1.53. The van der Waals surface area contributed by atoms with Crippen molar-refractivity contribution in [3.05, 3.63) is 60.4 Å². The van der Waals surface area contributed by atoms with Crippen LogP contribution in [0.15, 0.2) is 60.0 Å². The van der Waals surface area contributed by atoms with Gasteiger partial charge in [0, 0.05) is 6.07 Å². The molecule has 0 aliphatic heterocycles. The topological polar surface area (TPSA) is 66.2 Å². The van der Waals surface area contributed by atoms with Gasteiger partial charge in [-0.3, -0.25) is 9.36 Å². The molecule has 3 aromatic rings. The van der Waals surface area contributed by atoms with E-state index in [2.05, 4.69) is 10.2 Å². The Bertz CT molecular complexity index is 879. The van der Waals surface area contributed by atoms with E-state index in [4.69, 9.17) is 9.47 Å². The van der Waals surface area contributed by atoms with Crippen LogP contribution in [0.4, 0.5) is 0 Å². The van der Waals surface area contributed by atoms with Crippen molar-refractivity contribution < 1.29 is 14.3 Å². The van der Waals surface area contributed by atoms with Crippen LogP contribution in [0.25, 0.3) is 5.69 Å². The molecule has 3 rings (SSSR count). The number of methoxy groups -OCH3 is 2. The van der Waals surface area contributed by atoms with Crippen LogP contribution >= 0.6 is 11.8 Å². The summed E-state index contributed by atoms with van der Waals surface area (Å²) < 4.78 is 12.3. The quantitative estimate of drug-likeness (QED) is 0.479. The van der Waals surface area contributed by atoms with Crippen LogP contribution in [0.3, 0.4) is 0 Å². The largest absolute Gasteiger partial charge is 0.497 e. The number of para-hydroxylation sites is 1. The van der Waals surface area contributed by atoms with Crippen LogP contribution in [0.5, 0.6) is 11.5 Å². The summed E-state index contributed by atoms with van der Waals surface area (Å²) in [6.45, 7) is 0. The number of benzene rings is 2. The third kappa shape index (κ3) is 3.83. The number of hydrogen-bond donors (Lipinski definition) is 0. The second kappa shape index (κ2) is 7.85. The van der Waals surface area contributed by atoms with Crippen molar-refractivity contribution >= 4 is 17.5 Å². The third-order valence-corrected chi connectivity index (χ3v) is 4.53. The molecule has 6 nitrogen and oxygen atoms in total. The number of aromatic nitrogens is 3. The van der Waals surface area contributed by atoms with Crippen LogP contribution in [0.2, 0.25) is 0 Å². The molecule has 2 aromatic carbocycles. The van der Waals surface area contributed by atoms with Gasteiger partial charge in [0.15, 0.2) is 10.9 Å². The molecule has 0 spiro atoms. The molecule has 0 amide bonds. The van der Waals surface area contributed by atoms with Gasteiger partial charge in [0.25, 0.3) is 0 Å². The standard InChI is InChI=1S/C18H17N3O3S/c1-23-14-7-5-6-13(10-14)21-12-19-20-18(21)25-11-16(22)15-8-3-4-9-17(15)24-2/h3-10,12H,11H2,1-2H3. The zero-order valence-electron chi connectivity index (χ0n) is 13.9. The number of thioether (sulfide) groups is 1. The summed E-state index contributed by atoms with van der Waals surface area (Å²) in [5, 5.41) is 8.70. The molecule has 0 aliphatic rings. The van der Waals surface area contributed by atoms with E-state index in [0.29, 0.717) is 16.5 Å². The number of Topliss-reactive ketones (excluding diaryl/α,β-unsaturated/α-hetero) is 1. The maximum atomic E-state index is 12.5. The van der Waals surface area contributed by atoms with Crippen LogP contribution in [0, 0.1) is 0 Å². The fraction of sp³-hybridized carbons (Fsp3) is 0.167. The van der Waals surface area contributed by atoms with Gasteiger partial charge >= 0.3 is 0 Å². The first-order valence-corrected chi connectivity index (χ1v) is 8.55. The zero-order chi connectivity index (χ0) is 17.6. The van der Waals surface area contributed by atoms with Crippen molar-refractivity contribution in [2.45, 2.75) is 5.16 Å². The van der Waals surface area contributed by atoms with Gasteiger partial charge in [-0.15, -0.1) is 10.2 Å². The van der Waals surface area contributed by atoms with Gasteiger partial charge in [-0.25, -0.2) is 0 Å². The molecule has 0 saturated heterocycles. The smallest absolute Gasteiger partial charge is 0.196 e. The lowest BCUT2D eigenvalue weighted by Crippen LogP contribution is -2.06. The molecule has 0 bridgehead atoms. The van der Waals surface area contributed by atoms with Gasteiger partial charge in [0.05, 0.1) is 31.2 Å². The van der Waals surface area contributed by atoms with Crippen molar-refractivity contribution in [2.24, 2.45) is 0 Å². The minimum absolute atomic E-state index is 0.0253. The molecule has 0 saturated carbocycles. The number of ether oxygens (including phenoxy) is 2. The number of rotatable bonds is 7. The van der Waals surface area contributed by atoms with E-state index < -0.39 is 0 Å². The molecule has 1 heterocycles. The molecule has 0 aliphatic carbocycles. The van der Waals surface area contributed by atoms with Crippen LogP contribution in [-0.2, 0) is 0 Å². The minimum atomic E-state index is -0.0253. The van der Waals surface area contributed by atoms with Crippen LogP contribution in [0.1, 0.15) is 10.4 Å². The predicted molar refractivity (Wildman–Crippen MR) is 96.0 cm³/mol. The Kier molecular flexibility index (Phi) is 5.35. The molecule has 0 unspecified atom stereocenters. The second-order valence-electron chi connectivity index (χ2n) is 5.10. The molecule has 1 aromatic heterocycles. The highest BCUT2D eigenvalue weighted by molar-refractivity contribution is 7.99. The summed E-state index contributed by atoms with van der Waals surface area (Å²) in [6, 6.07) is 14.8. The first-order chi connectivity index (χ1) is 12.2. The summed E-state index contributed by atoms with van der Waals surface area (Å²) in [6.07, 6.45) is 1.62. The number of hydrogen-bond acceptors (Lipinski definition) is 6. The van der Waals surface area contributed by atoms with Gasteiger partial charge in [-0.05, 0) is 24.3 Å². The fourth-order valence-corrected chi connectivity index (χ4v) is 3.16. The number of carbonyl (C=O) groups excluding carboxylic acids is 1. The lowest BCUT2D eigenvalue weighted by atomic mass is 10.1. The molecule has 0 atom stereocenters. The molecular weight excluding hydrogens is 338 g/mol. The average Bonchev–Trinajstić information content (AvgIpc) is 3.14. The highest BCUT2D eigenvalue weighted by Gasteiger charge is 2.15. The van der Waals surface area contributed by atoms with Crippen molar-refractivity contribution in [1.29, 1.82) is 0 Å². The van der Waals surface area contributed by atoms with E-state index in [1.165, 1.54) is 11.8 Å². The van der Waals surface area contributed by atoms with Crippen molar-refractivity contribution in [3.63, 3.8) is 0 Å². The highest BCUT2D eigenvalue weighted by atomic mass is 32.2. The van der Waals surface area contributed by atoms with Crippen molar-refractivity contribution in [1.82, 2.24) is 14.8 Å². The zero-order valence-corrected chi connectivity index (χ0v) is 14.7. The Morgan fingerprint density at radius 1 is 1.12 bits per heavy atom. The Morgan fingerprint density at radius 3 is 2.76 bits per heavy atom. The summed E-state index contributed by atoms with van der Waals surface area (Å²) >= 11 is 1.33. The van der Waals surface area contributed by atoms with E-state index in [0.717, 1.165) is 11.4 Å². The van der Waals surface area contributed by atoms with Crippen LogP contribution < -0.4 is 9.47 Å². The van der Waals surface area contributed by atoms with E-state index in [1.54, 1.807) is 32.7 Å². The normalized spacial score (nSPS) is 10.5. The lowest BCUT2D eigenvalue weighted by Gasteiger charge is -2.09.